The van der Waals surface area contributed by atoms with Gasteiger partial charge in [-0.2, -0.15) is 26.3 Å². The van der Waals surface area contributed by atoms with Crippen molar-refractivity contribution in [2.45, 2.75) is 26.2 Å². The van der Waals surface area contributed by atoms with Crippen LogP contribution in [0.2, 0.25) is 0 Å². The molecule has 0 amide bonds. The number of aromatic nitrogens is 2. The summed E-state index contributed by atoms with van der Waals surface area (Å²) in [5, 5.41) is 1.25. The standard InChI is InChI=1S/C28H18F6N2S2/c1-15-11-22(24-14-36-26(38-24)18-5-9-20(10-6-18)28(32,33)34)16(2)12-21(15)23-13-35-25(37-23)17-3-7-19(8-4-17)27(29,30)31/h3-14H,1-2H3. The highest BCUT2D eigenvalue weighted by atomic mass is 32.1. The first kappa shape index (κ1) is 26.1. The quantitative estimate of drug-likeness (QED) is 0.205. The van der Waals surface area contributed by atoms with Crippen LogP contribution >= 0.6 is 22.7 Å². The van der Waals surface area contributed by atoms with Gasteiger partial charge in [0.15, 0.2) is 0 Å². The molecule has 0 atom stereocenters. The Balaban J connectivity index is 1.40. The fraction of sp³-hybridized carbons (Fsp3) is 0.143. The van der Waals surface area contributed by atoms with Crippen LogP contribution in [0.5, 0.6) is 0 Å². The normalized spacial score (nSPS) is 12.2. The van der Waals surface area contributed by atoms with Crippen LogP contribution in [0.15, 0.2) is 73.1 Å². The first-order chi connectivity index (χ1) is 17.9. The lowest BCUT2D eigenvalue weighted by Crippen LogP contribution is -2.03. The molecule has 194 valence electrons. The summed E-state index contributed by atoms with van der Waals surface area (Å²) in [5.74, 6) is 0. The van der Waals surface area contributed by atoms with Crippen molar-refractivity contribution < 1.29 is 26.3 Å². The Kier molecular flexibility index (Phi) is 6.65. The first-order valence-corrected chi connectivity index (χ1v) is 12.9. The lowest BCUT2D eigenvalue weighted by Gasteiger charge is -2.10. The number of hydrogen-bond donors (Lipinski definition) is 0. The van der Waals surface area contributed by atoms with Gasteiger partial charge in [0.05, 0.1) is 20.9 Å². The minimum Gasteiger partial charge on any atom is -0.244 e. The highest BCUT2D eigenvalue weighted by molar-refractivity contribution is 7.18. The molecule has 3 aromatic carbocycles. The van der Waals surface area contributed by atoms with Crippen molar-refractivity contribution in [3.8, 4) is 42.0 Å². The fourth-order valence-corrected chi connectivity index (χ4v) is 6.02. The minimum atomic E-state index is -4.39. The molecule has 0 aliphatic heterocycles. The predicted molar refractivity (Wildman–Crippen MR) is 139 cm³/mol. The number of alkyl halides is 6. The number of benzene rings is 3. The molecule has 5 rings (SSSR count). The van der Waals surface area contributed by atoms with Gasteiger partial charge in [0.1, 0.15) is 10.0 Å². The van der Waals surface area contributed by atoms with Crippen LogP contribution in [0.4, 0.5) is 26.3 Å². The van der Waals surface area contributed by atoms with Crippen LogP contribution < -0.4 is 0 Å². The number of rotatable bonds is 4. The van der Waals surface area contributed by atoms with Crippen LogP contribution in [-0.2, 0) is 12.4 Å². The van der Waals surface area contributed by atoms with Gasteiger partial charge in [0.2, 0.25) is 0 Å². The van der Waals surface area contributed by atoms with Gasteiger partial charge in [-0.05, 0) is 72.5 Å². The van der Waals surface area contributed by atoms with E-state index in [-0.39, 0.29) is 0 Å². The molecule has 0 fully saturated rings. The molecule has 0 radical (unpaired) electrons. The van der Waals surface area contributed by atoms with Gasteiger partial charge in [-0.1, -0.05) is 24.3 Å². The second-order valence-electron chi connectivity index (χ2n) is 8.69. The van der Waals surface area contributed by atoms with Crippen LogP contribution in [-0.4, -0.2) is 9.97 Å². The highest BCUT2D eigenvalue weighted by Crippen LogP contribution is 2.40. The third-order valence-electron chi connectivity index (χ3n) is 6.03. The molecule has 38 heavy (non-hydrogen) atoms. The van der Waals surface area contributed by atoms with Crippen molar-refractivity contribution in [2.75, 3.05) is 0 Å². The molecule has 0 saturated carbocycles. The molecule has 0 aliphatic carbocycles. The van der Waals surface area contributed by atoms with Gasteiger partial charge in [-0.15, -0.1) is 22.7 Å². The Hall–Kier alpha value is -3.50. The van der Waals surface area contributed by atoms with Crippen molar-refractivity contribution in [1.29, 1.82) is 0 Å². The van der Waals surface area contributed by atoms with Crippen molar-refractivity contribution in [3.05, 3.63) is 95.3 Å². The number of aryl methyl sites for hydroxylation is 2. The second-order valence-corrected chi connectivity index (χ2v) is 10.8. The van der Waals surface area contributed by atoms with Gasteiger partial charge < -0.3 is 0 Å². The summed E-state index contributed by atoms with van der Waals surface area (Å²) in [5.41, 5.74) is 3.72. The Bertz CT molecular complexity index is 1470. The van der Waals surface area contributed by atoms with Crippen LogP contribution in [0.25, 0.3) is 42.0 Å². The smallest absolute Gasteiger partial charge is 0.244 e. The maximum Gasteiger partial charge on any atom is 0.416 e. The Morgan fingerprint density at radius 2 is 0.895 bits per heavy atom. The molecule has 10 heteroatoms. The van der Waals surface area contributed by atoms with Crippen LogP contribution in [0.3, 0.4) is 0 Å². The molecule has 0 spiro atoms. The molecule has 0 saturated heterocycles. The number of nitrogens with zero attached hydrogens (tertiary/aromatic N) is 2. The maximum atomic E-state index is 12.9. The van der Waals surface area contributed by atoms with Crippen molar-refractivity contribution in [1.82, 2.24) is 9.97 Å². The summed E-state index contributed by atoms with van der Waals surface area (Å²) in [6.45, 7) is 3.93. The van der Waals surface area contributed by atoms with E-state index >= 15 is 0 Å². The first-order valence-electron chi connectivity index (χ1n) is 11.3. The van der Waals surface area contributed by atoms with Crippen molar-refractivity contribution >= 4 is 22.7 Å². The third-order valence-corrected chi connectivity index (χ3v) is 8.19. The maximum absolute atomic E-state index is 12.9. The lowest BCUT2D eigenvalue weighted by atomic mass is 9.98. The molecule has 0 bridgehead atoms. The monoisotopic (exact) mass is 560 g/mol. The predicted octanol–water partition coefficient (Wildman–Crippen LogP) is 9.92. The molecule has 2 heterocycles. The molecular formula is C28H18F6N2S2. The summed E-state index contributed by atoms with van der Waals surface area (Å²) in [6, 6.07) is 14.0. The summed E-state index contributed by atoms with van der Waals surface area (Å²) < 4.78 is 77.2. The molecule has 2 aromatic heterocycles. The Morgan fingerprint density at radius 3 is 1.21 bits per heavy atom. The largest absolute Gasteiger partial charge is 0.416 e. The molecule has 2 nitrogen and oxygen atoms in total. The van der Waals surface area contributed by atoms with Gasteiger partial charge in [0.25, 0.3) is 0 Å². The van der Waals surface area contributed by atoms with Crippen molar-refractivity contribution in [2.24, 2.45) is 0 Å². The zero-order valence-corrected chi connectivity index (χ0v) is 21.5. The van der Waals surface area contributed by atoms with Crippen molar-refractivity contribution in [3.63, 3.8) is 0 Å². The van der Waals surface area contributed by atoms with Crippen LogP contribution in [0.1, 0.15) is 22.3 Å². The van der Waals surface area contributed by atoms with Gasteiger partial charge in [-0.3, -0.25) is 0 Å². The lowest BCUT2D eigenvalue weighted by molar-refractivity contribution is -0.138. The summed E-state index contributed by atoms with van der Waals surface area (Å²) >= 11 is 2.80. The second kappa shape index (κ2) is 9.67. The van der Waals surface area contributed by atoms with E-state index in [1.807, 2.05) is 26.0 Å². The zero-order valence-electron chi connectivity index (χ0n) is 19.9. The van der Waals surface area contributed by atoms with E-state index in [9.17, 15) is 26.3 Å². The molecule has 5 aromatic rings. The van der Waals surface area contributed by atoms with E-state index in [1.54, 1.807) is 12.4 Å². The van der Waals surface area contributed by atoms with E-state index in [1.165, 1.54) is 46.9 Å². The van der Waals surface area contributed by atoms with Gasteiger partial charge in [-0.25, -0.2) is 9.97 Å². The van der Waals surface area contributed by atoms with E-state index in [0.717, 1.165) is 56.3 Å². The highest BCUT2D eigenvalue weighted by Gasteiger charge is 2.31. The zero-order chi connectivity index (χ0) is 27.2. The minimum absolute atomic E-state index is 0.612. The third kappa shape index (κ3) is 5.23. The van der Waals surface area contributed by atoms with E-state index < -0.39 is 23.5 Å². The van der Waals surface area contributed by atoms with Gasteiger partial charge >= 0.3 is 12.4 Å². The van der Waals surface area contributed by atoms with E-state index in [0.29, 0.717) is 21.1 Å². The molecule has 0 aliphatic rings. The van der Waals surface area contributed by atoms with E-state index in [4.69, 9.17) is 0 Å². The summed E-state index contributed by atoms with van der Waals surface area (Å²) in [7, 11) is 0. The Labute approximate surface area is 222 Å². The Morgan fingerprint density at radius 1 is 0.553 bits per heavy atom. The number of thiazole rings is 2. The SMILES string of the molecule is Cc1cc(-c2cnc(-c3ccc(C(F)(F)F)cc3)s2)c(C)cc1-c1cnc(-c2ccc(C(F)(F)F)cc2)s1. The fourth-order valence-electron chi connectivity index (χ4n) is 4.01. The van der Waals surface area contributed by atoms with E-state index in [2.05, 4.69) is 9.97 Å². The average molecular weight is 561 g/mol. The van der Waals surface area contributed by atoms with Gasteiger partial charge in [0, 0.05) is 23.5 Å². The average Bonchev–Trinajstić information content (AvgIpc) is 3.55. The molecule has 0 N–H and O–H groups in total. The number of hydrogen-bond acceptors (Lipinski definition) is 4. The topological polar surface area (TPSA) is 25.8 Å². The number of halogens is 6. The molecule has 0 unspecified atom stereocenters. The molecular weight excluding hydrogens is 542 g/mol. The summed E-state index contributed by atoms with van der Waals surface area (Å²) in [4.78, 5) is 10.6. The van der Waals surface area contributed by atoms with Crippen LogP contribution in [0, 0.1) is 13.8 Å². The summed E-state index contributed by atoms with van der Waals surface area (Å²) in [6.07, 6.45) is -5.35.